The van der Waals surface area contributed by atoms with Crippen molar-refractivity contribution in [2.45, 2.75) is 32.5 Å². The average molecular weight is 230 g/mol. The molecule has 1 aromatic rings. The van der Waals surface area contributed by atoms with Gasteiger partial charge in [0.05, 0.1) is 0 Å². The second-order valence-corrected chi connectivity index (χ2v) is 5.09. The molecule has 1 rings (SSSR count). The fourth-order valence-electron chi connectivity index (χ4n) is 1.22. The zero-order chi connectivity index (χ0) is 11.5. The smallest absolute Gasteiger partial charge is 0.138 e. The topological polar surface area (TPSA) is 12.0 Å². The lowest BCUT2D eigenvalue weighted by molar-refractivity contribution is 0.291. The minimum atomic E-state index is -1.01. The van der Waals surface area contributed by atoms with Crippen molar-refractivity contribution < 1.29 is 4.39 Å². The third-order valence-corrected chi connectivity index (χ3v) is 2.26. The third-order valence-electron chi connectivity index (χ3n) is 2.02. The van der Waals surface area contributed by atoms with Gasteiger partial charge in [0.25, 0.3) is 0 Å². The Balaban J connectivity index is 2.58. The highest BCUT2D eigenvalue weighted by molar-refractivity contribution is 6.30. The molecule has 84 valence electrons. The Morgan fingerprint density at radius 1 is 1.40 bits per heavy atom. The monoisotopic (exact) mass is 229 g/mol. The maximum absolute atomic E-state index is 13.7. The van der Waals surface area contributed by atoms with Crippen molar-refractivity contribution in [2.75, 3.05) is 6.54 Å². The van der Waals surface area contributed by atoms with Gasteiger partial charge in [0, 0.05) is 17.1 Å². The first-order valence-electron chi connectivity index (χ1n) is 5.03. The van der Waals surface area contributed by atoms with Crippen molar-refractivity contribution in [1.29, 1.82) is 0 Å². The number of alkyl halides is 1. The fourth-order valence-corrected chi connectivity index (χ4v) is 1.41. The van der Waals surface area contributed by atoms with E-state index in [0.717, 1.165) is 0 Å². The van der Waals surface area contributed by atoms with Crippen LogP contribution in [-0.2, 0) is 0 Å². The second-order valence-electron chi connectivity index (χ2n) is 4.65. The summed E-state index contributed by atoms with van der Waals surface area (Å²) in [6, 6.07) is 6.92. The first kappa shape index (κ1) is 12.5. The van der Waals surface area contributed by atoms with Gasteiger partial charge >= 0.3 is 0 Å². The zero-order valence-electron chi connectivity index (χ0n) is 9.35. The van der Waals surface area contributed by atoms with Crippen LogP contribution in [0, 0.1) is 0 Å². The lowest BCUT2D eigenvalue weighted by Gasteiger charge is -2.22. The normalized spacial score (nSPS) is 13.9. The molecule has 1 nitrogen and oxygen atoms in total. The van der Waals surface area contributed by atoms with E-state index in [1.165, 1.54) is 0 Å². The maximum atomic E-state index is 13.7. The van der Waals surface area contributed by atoms with Crippen LogP contribution in [0.2, 0.25) is 5.02 Å². The standard InChI is InChI=1S/C12H17ClFN/c1-12(2,3)15-8-11(14)9-5-4-6-10(13)7-9/h4-7,11,15H,8H2,1-3H3. The van der Waals surface area contributed by atoms with E-state index in [1.807, 2.05) is 20.8 Å². The number of halogens is 2. The number of benzene rings is 1. The summed E-state index contributed by atoms with van der Waals surface area (Å²) in [4.78, 5) is 0. The molecule has 0 fully saturated rings. The van der Waals surface area contributed by atoms with Gasteiger partial charge in [-0.05, 0) is 38.5 Å². The summed E-state index contributed by atoms with van der Waals surface area (Å²) < 4.78 is 13.7. The summed E-state index contributed by atoms with van der Waals surface area (Å²) in [7, 11) is 0. The minimum Gasteiger partial charge on any atom is -0.309 e. The summed E-state index contributed by atoms with van der Waals surface area (Å²) in [6.45, 7) is 6.34. The number of nitrogens with one attached hydrogen (secondary N) is 1. The van der Waals surface area contributed by atoms with E-state index in [-0.39, 0.29) is 5.54 Å². The lowest BCUT2D eigenvalue weighted by Crippen LogP contribution is -2.37. The van der Waals surface area contributed by atoms with Crippen LogP contribution in [0.4, 0.5) is 4.39 Å². The Morgan fingerprint density at radius 3 is 2.60 bits per heavy atom. The van der Waals surface area contributed by atoms with Crippen molar-refractivity contribution in [1.82, 2.24) is 5.32 Å². The summed E-state index contributed by atoms with van der Waals surface area (Å²) in [5.41, 5.74) is 0.558. The average Bonchev–Trinajstić information content (AvgIpc) is 2.13. The van der Waals surface area contributed by atoms with Gasteiger partial charge in [-0.15, -0.1) is 0 Å². The first-order chi connectivity index (χ1) is 6.88. The predicted molar refractivity (Wildman–Crippen MR) is 63.1 cm³/mol. The van der Waals surface area contributed by atoms with Crippen molar-refractivity contribution in [2.24, 2.45) is 0 Å². The van der Waals surface area contributed by atoms with E-state index in [9.17, 15) is 4.39 Å². The fraction of sp³-hybridized carbons (Fsp3) is 0.500. The molecule has 3 heteroatoms. The van der Waals surface area contributed by atoms with Gasteiger partial charge in [0.2, 0.25) is 0 Å². The van der Waals surface area contributed by atoms with Crippen LogP contribution in [-0.4, -0.2) is 12.1 Å². The third kappa shape index (κ3) is 4.63. The summed E-state index contributed by atoms with van der Waals surface area (Å²) in [5.74, 6) is 0. The Bertz CT molecular complexity index is 320. The number of rotatable bonds is 3. The molecular formula is C12H17ClFN. The van der Waals surface area contributed by atoms with Gasteiger partial charge in [0.1, 0.15) is 6.17 Å². The molecule has 0 aliphatic rings. The molecule has 0 radical (unpaired) electrons. The summed E-state index contributed by atoms with van der Waals surface area (Å²) in [6.07, 6.45) is -1.01. The highest BCUT2D eigenvalue weighted by Crippen LogP contribution is 2.20. The van der Waals surface area contributed by atoms with Gasteiger partial charge in [-0.25, -0.2) is 4.39 Å². The Kier molecular flexibility index (Phi) is 4.12. The Morgan fingerprint density at radius 2 is 2.07 bits per heavy atom. The minimum absolute atomic E-state index is 0.0666. The molecule has 0 amide bonds. The molecule has 0 heterocycles. The molecule has 15 heavy (non-hydrogen) atoms. The molecule has 0 aromatic heterocycles. The van der Waals surface area contributed by atoms with Crippen LogP contribution in [0.3, 0.4) is 0 Å². The molecule has 0 bridgehead atoms. The van der Waals surface area contributed by atoms with Crippen LogP contribution >= 0.6 is 11.6 Å². The van der Waals surface area contributed by atoms with E-state index in [1.54, 1.807) is 24.3 Å². The van der Waals surface area contributed by atoms with Gasteiger partial charge in [-0.3, -0.25) is 0 Å². The van der Waals surface area contributed by atoms with E-state index in [0.29, 0.717) is 17.1 Å². The largest absolute Gasteiger partial charge is 0.309 e. The van der Waals surface area contributed by atoms with Crippen LogP contribution in [0.15, 0.2) is 24.3 Å². The van der Waals surface area contributed by atoms with Crippen molar-refractivity contribution in [3.63, 3.8) is 0 Å². The summed E-state index contributed by atoms with van der Waals surface area (Å²) >= 11 is 5.79. The first-order valence-corrected chi connectivity index (χ1v) is 5.41. The van der Waals surface area contributed by atoms with Crippen LogP contribution in [0.5, 0.6) is 0 Å². The highest BCUT2D eigenvalue weighted by atomic mass is 35.5. The number of hydrogen-bond donors (Lipinski definition) is 1. The van der Waals surface area contributed by atoms with Crippen LogP contribution in [0.1, 0.15) is 32.5 Å². The lowest BCUT2D eigenvalue weighted by atomic mass is 10.1. The maximum Gasteiger partial charge on any atom is 0.138 e. The second kappa shape index (κ2) is 4.95. The molecule has 1 N–H and O–H groups in total. The summed E-state index contributed by atoms with van der Waals surface area (Å²) in [5, 5.41) is 3.70. The van der Waals surface area contributed by atoms with Crippen molar-refractivity contribution in [3.8, 4) is 0 Å². The van der Waals surface area contributed by atoms with E-state index in [4.69, 9.17) is 11.6 Å². The van der Waals surface area contributed by atoms with Crippen molar-refractivity contribution >= 4 is 11.6 Å². The van der Waals surface area contributed by atoms with Crippen molar-refractivity contribution in [3.05, 3.63) is 34.9 Å². The van der Waals surface area contributed by atoms with E-state index >= 15 is 0 Å². The predicted octanol–water partition coefficient (Wildman–Crippen LogP) is 3.74. The molecule has 0 spiro atoms. The molecule has 0 aliphatic carbocycles. The molecule has 0 aliphatic heterocycles. The van der Waals surface area contributed by atoms with E-state index in [2.05, 4.69) is 5.32 Å². The SMILES string of the molecule is CC(C)(C)NCC(F)c1cccc(Cl)c1. The molecular weight excluding hydrogens is 213 g/mol. The van der Waals surface area contributed by atoms with Gasteiger partial charge in [0.15, 0.2) is 0 Å². The molecule has 0 saturated heterocycles. The van der Waals surface area contributed by atoms with Gasteiger partial charge in [-0.2, -0.15) is 0 Å². The van der Waals surface area contributed by atoms with E-state index < -0.39 is 6.17 Å². The highest BCUT2D eigenvalue weighted by Gasteiger charge is 2.14. The van der Waals surface area contributed by atoms with Gasteiger partial charge < -0.3 is 5.32 Å². The van der Waals surface area contributed by atoms with Crippen LogP contribution < -0.4 is 5.32 Å². The Hall–Kier alpha value is -0.600. The number of hydrogen-bond acceptors (Lipinski definition) is 1. The molecule has 0 saturated carbocycles. The van der Waals surface area contributed by atoms with Crippen LogP contribution in [0.25, 0.3) is 0 Å². The quantitative estimate of drug-likeness (QED) is 0.833. The molecule has 1 aromatic carbocycles. The zero-order valence-corrected chi connectivity index (χ0v) is 10.1. The molecule has 1 atom stereocenters. The molecule has 1 unspecified atom stereocenters. The Labute approximate surface area is 95.6 Å². The van der Waals surface area contributed by atoms with Gasteiger partial charge in [-0.1, -0.05) is 23.7 Å².